The van der Waals surface area contributed by atoms with Crippen molar-refractivity contribution < 1.29 is 5.21 Å². The van der Waals surface area contributed by atoms with Crippen molar-refractivity contribution >= 4 is 23.1 Å². The zero-order chi connectivity index (χ0) is 14.5. The third kappa shape index (κ3) is 3.22. The molecule has 20 heavy (non-hydrogen) atoms. The molecule has 0 atom stereocenters. The number of anilines is 1. The summed E-state index contributed by atoms with van der Waals surface area (Å²) in [6.07, 6.45) is 0. The maximum Gasteiger partial charge on any atom is 0.170 e. The Morgan fingerprint density at radius 3 is 2.70 bits per heavy atom. The summed E-state index contributed by atoms with van der Waals surface area (Å²) in [4.78, 5) is 2.05. The predicted molar refractivity (Wildman–Crippen MR) is 82.5 cm³/mol. The zero-order valence-corrected chi connectivity index (χ0v) is 11.9. The molecule has 0 aromatic heterocycles. The van der Waals surface area contributed by atoms with E-state index in [9.17, 15) is 0 Å². The fraction of sp³-hybridized carbons (Fsp3) is 0.133. The SMILES string of the molecule is CN(Cc1ccccc1Cl)c1cccc(C(N)=NO)c1. The van der Waals surface area contributed by atoms with Crippen LogP contribution in [0.1, 0.15) is 11.1 Å². The number of amidine groups is 1. The Balaban J connectivity index is 2.21. The zero-order valence-electron chi connectivity index (χ0n) is 11.1. The van der Waals surface area contributed by atoms with Gasteiger partial charge in [0.05, 0.1) is 0 Å². The molecule has 5 heteroatoms. The molecule has 104 valence electrons. The normalized spacial score (nSPS) is 11.4. The van der Waals surface area contributed by atoms with E-state index < -0.39 is 0 Å². The molecule has 3 N–H and O–H groups in total. The minimum Gasteiger partial charge on any atom is -0.409 e. The van der Waals surface area contributed by atoms with Crippen LogP contribution < -0.4 is 10.6 Å². The molecule has 2 aromatic carbocycles. The van der Waals surface area contributed by atoms with Crippen LogP contribution in [0.2, 0.25) is 5.02 Å². The van der Waals surface area contributed by atoms with Crippen molar-refractivity contribution in [1.82, 2.24) is 0 Å². The minimum atomic E-state index is 0.0954. The molecular formula is C15H16ClN3O. The van der Waals surface area contributed by atoms with Gasteiger partial charge in [-0.1, -0.05) is 47.1 Å². The van der Waals surface area contributed by atoms with Gasteiger partial charge in [0.15, 0.2) is 5.84 Å². The fourth-order valence-corrected chi connectivity index (χ4v) is 2.13. The Morgan fingerprint density at radius 2 is 2.00 bits per heavy atom. The van der Waals surface area contributed by atoms with Crippen LogP contribution in [0.5, 0.6) is 0 Å². The third-order valence-corrected chi connectivity index (χ3v) is 3.42. The molecule has 0 amide bonds. The highest BCUT2D eigenvalue weighted by molar-refractivity contribution is 6.31. The van der Waals surface area contributed by atoms with Crippen molar-refractivity contribution in [2.24, 2.45) is 10.9 Å². The van der Waals surface area contributed by atoms with Gasteiger partial charge in [-0.15, -0.1) is 0 Å². The van der Waals surface area contributed by atoms with Crippen LogP contribution in [0.3, 0.4) is 0 Å². The highest BCUT2D eigenvalue weighted by atomic mass is 35.5. The van der Waals surface area contributed by atoms with Crippen molar-refractivity contribution in [3.63, 3.8) is 0 Å². The second-order valence-corrected chi connectivity index (χ2v) is 4.89. The van der Waals surface area contributed by atoms with E-state index in [0.717, 1.165) is 16.3 Å². The van der Waals surface area contributed by atoms with E-state index in [1.807, 2.05) is 49.5 Å². The molecule has 0 aliphatic heterocycles. The monoisotopic (exact) mass is 289 g/mol. The quantitative estimate of drug-likeness (QED) is 0.393. The summed E-state index contributed by atoms with van der Waals surface area (Å²) in [7, 11) is 1.97. The van der Waals surface area contributed by atoms with E-state index in [0.29, 0.717) is 12.1 Å². The summed E-state index contributed by atoms with van der Waals surface area (Å²) in [6.45, 7) is 0.680. The van der Waals surface area contributed by atoms with Crippen LogP contribution in [0, 0.1) is 0 Å². The standard InChI is InChI=1S/C15H16ClN3O/c1-19(10-12-5-2-3-8-14(12)16)13-7-4-6-11(9-13)15(17)18-20/h2-9,20H,10H2,1H3,(H2,17,18). The Morgan fingerprint density at radius 1 is 1.25 bits per heavy atom. The maximum absolute atomic E-state index is 8.72. The first kappa shape index (κ1) is 14.2. The van der Waals surface area contributed by atoms with Gasteiger partial charge in [-0.05, 0) is 23.8 Å². The number of rotatable bonds is 4. The molecule has 0 unspecified atom stereocenters. The summed E-state index contributed by atoms with van der Waals surface area (Å²) < 4.78 is 0. The van der Waals surface area contributed by atoms with Gasteiger partial charge in [0.25, 0.3) is 0 Å². The number of nitrogens with zero attached hydrogens (tertiary/aromatic N) is 2. The number of halogens is 1. The van der Waals surface area contributed by atoms with Gasteiger partial charge in [0.1, 0.15) is 0 Å². The van der Waals surface area contributed by atoms with Crippen LogP contribution in [0.4, 0.5) is 5.69 Å². The Labute approximate surface area is 123 Å². The molecule has 0 spiro atoms. The second kappa shape index (κ2) is 6.30. The van der Waals surface area contributed by atoms with E-state index in [2.05, 4.69) is 10.1 Å². The number of hydrogen-bond acceptors (Lipinski definition) is 3. The van der Waals surface area contributed by atoms with Gasteiger partial charge in [-0.25, -0.2) is 0 Å². The molecule has 0 saturated heterocycles. The third-order valence-electron chi connectivity index (χ3n) is 3.06. The van der Waals surface area contributed by atoms with E-state index in [-0.39, 0.29) is 5.84 Å². The molecule has 0 radical (unpaired) electrons. The smallest absolute Gasteiger partial charge is 0.170 e. The van der Waals surface area contributed by atoms with Crippen molar-refractivity contribution in [1.29, 1.82) is 0 Å². The van der Waals surface area contributed by atoms with Crippen LogP contribution in [-0.4, -0.2) is 18.1 Å². The number of benzene rings is 2. The van der Waals surface area contributed by atoms with Gasteiger partial charge in [-0.2, -0.15) is 0 Å². The molecule has 0 heterocycles. The fourth-order valence-electron chi connectivity index (χ4n) is 1.93. The highest BCUT2D eigenvalue weighted by Gasteiger charge is 2.07. The molecule has 0 bridgehead atoms. The number of hydrogen-bond donors (Lipinski definition) is 2. The topological polar surface area (TPSA) is 61.8 Å². The molecule has 0 aliphatic rings. The lowest BCUT2D eigenvalue weighted by atomic mass is 10.1. The first-order chi connectivity index (χ1) is 9.61. The van der Waals surface area contributed by atoms with Gasteiger partial charge < -0.3 is 15.8 Å². The second-order valence-electron chi connectivity index (χ2n) is 4.48. The van der Waals surface area contributed by atoms with Crippen LogP contribution in [-0.2, 0) is 6.54 Å². The Kier molecular flexibility index (Phi) is 4.48. The van der Waals surface area contributed by atoms with Gasteiger partial charge >= 0.3 is 0 Å². The molecule has 0 aliphatic carbocycles. The summed E-state index contributed by atoms with van der Waals surface area (Å²) >= 11 is 6.16. The van der Waals surface area contributed by atoms with Crippen molar-refractivity contribution in [2.75, 3.05) is 11.9 Å². The van der Waals surface area contributed by atoms with Crippen molar-refractivity contribution in [2.45, 2.75) is 6.54 Å². The molecular weight excluding hydrogens is 274 g/mol. The summed E-state index contributed by atoms with van der Waals surface area (Å²) in [5.41, 5.74) is 8.29. The highest BCUT2D eigenvalue weighted by Crippen LogP contribution is 2.21. The molecule has 2 rings (SSSR count). The van der Waals surface area contributed by atoms with E-state index in [1.165, 1.54) is 0 Å². The lowest BCUT2D eigenvalue weighted by Crippen LogP contribution is -2.18. The maximum atomic E-state index is 8.72. The Bertz CT molecular complexity index is 628. The van der Waals surface area contributed by atoms with E-state index >= 15 is 0 Å². The number of nitrogens with two attached hydrogens (primary N) is 1. The first-order valence-corrected chi connectivity index (χ1v) is 6.52. The van der Waals surface area contributed by atoms with Crippen LogP contribution in [0.15, 0.2) is 53.7 Å². The lowest BCUT2D eigenvalue weighted by Gasteiger charge is -2.20. The minimum absolute atomic E-state index is 0.0954. The van der Waals surface area contributed by atoms with Crippen molar-refractivity contribution in [3.05, 3.63) is 64.7 Å². The average molecular weight is 290 g/mol. The first-order valence-electron chi connectivity index (χ1n) is 6.14. The largest absolute Gasteiger partial charge is 0.409 e. The van der Waals surface area contributed by atoms with Crippen LogP contribution in [0.25, 0.3) is 0 Å². The molecule has 4 nitrogen and oxygen atoms in total. The molecule has 2 aromatic rings. The summed E-state index contributed by atoms with van der Waals surface area (Å²) in [5, 5.41) is 12.5. The van der Waals surface area contributed by atoms with Gasteiger partial charge in [0.2, 0.25) is 0 Å². The van der Waals surface area contributed by atoms with E-state index in [1.54, 1.807) is 6.07 Å². The predicted octanol–water partition coefficient (Wildman–Crippen LogP) is 3.07. The van der Waals surface area contributed by atoms with Crippen LogP contribution >= 0.6 is 11.6 Å². The number of oxime groups is 1. The molecule has 0 saturated carbocycles. The summed E-state index contributed by atoms with van der Waals surface area (Å²) in [6, 6.07) is 15.2. The van der Waals surface area contributed by atoms with Gasteiger partial charge in [-0.3, -0.25) is 0 Å². The average Bonchev–Trinajstić information content (AvgIpc) is 2.49. The lowest BCUT2D eigenvalue weighted by molar-refractivity contribution is 0.318. The van der Waals surface area contributed by atoms with Gasteiger partial charge in [0, 0.05) is 29.9 Å². The Hall–Kier alpha value is -2.20. The van der Waals surface area contributed by atoms with Crippen molar-refractivity contribution in [3.8, 4) is 0 Å². The summed E-state index contributed by atoms with van der Waals surface area (Å²) in [5.74, 6) is 0.0954. The molecule has 0 fully saturated rings. The van der Waals surface area contributed by atoms with E-state index in [4.69, 9.17) is 22.5 Å².